The van der Waals surface area contributed by atoms with Crippen molar-refractivity contribution in [1.82, 2.24) is 0 Å². The number of benzene rings is 5. The quantitative estimate of drug-likeness (QED) is 0.134. The van der Waals surface area contributed by atoms with Crippen LogP contribution in [0.1, 0.15) is 24.0 Å². The van der Waals surface area contributed by atoms with E-state index in [2.05, 4.69) is 146 Å². The first-order valence-electron chi connectivity index (χ1n) is 13.2. The number of rotatable bonds is 11. The van der Waals surface area contributed by atoms with Gasteiger partial charge in [0, 0.05) is 0 Å². The molecule has 0 fully saturated rings. The van der Waals surface area contributed by atoms with E-state index >= 15 is 0 Å². The predicted molar refractivity (Wildman–Crippen MR) is 160 cm³/mol. The molecule has 2 heteroatoms. The van der Waals surface area contributed by atoms with Crippen LogP contribution in [-0.4, -0.2) is 6.61 Å². The van der Waals surface area contributed by atoms with Gasteiger partial charge >= 0.3 is 0 Å². The third-order valence-corrected chi connectivity index (χ3v) is 11.3. The number of aryl methyl sites for hydroxylation is 1. The fraction of sp³-hybridized carbons (Fsp3) is 0.143. The molecule has 0 aliphatic heterocycles. The van der Waals surface area contributed by atoms with Crippen LogP contribution in [0.2, 0.25) is 0 Å². The molecule has 0 spiro atoms. The third-order valence-electron chi connectivity index (χ3n) is 6.91. The summed E-state index contributed by atoms with van der Waals surface area (Å²) >= 11 is 0. The van der Waals surface area contributed by atoms with Gasteiger partial charge in [-0.25, -0.2) is 0 Å². The summed E-state index contributed by atoms with van der Waals surface area (Å²) in [7, 11) is -1.89. The van der Waals surface area contributed by atoms with Crippen LogP contribution in [-0.2, 0) is 12.6 Å². The molecule has 1 nitrogen and oxygen atoms in total. The Morgan fingerprint density at radius 2 is 0.892 bits per heavy atom. The largest absolute Gasteiger partial charge is 0.494 e. The first-order chi connectivity index (χ1) is 18.3. The molecule has 0 saturated heterocycles. The highest BCUT2D eigenvalue weighted by Crippen LogP contribution is 2.58. The number of hydrogen-bond donors (Lipinski definition) is 0. The maximum absolute atomic E-state index is 6.09. The molecule has 5 rings (SSSR count). The molecule has 0 aliphatic carbocycles. The Bertz CT molecular complexity index is 1240. The van der Waals surface area contributed by atoms with E-state index in [0.717, 1.165) is 37.8 Å². The molecule has 0 N–H and O–H groups in total. The van der Waals surface area contributed by atoms with Crippen molar-refractivity contribution in [3.63, 3.8) is 0 Å². The van der Waals surface area contributed by atoms with Gasteiger partial charge in [0.15, 0.2) is 0 Å². The van der Waals surface area contributed by atoms with Crippen molar-refractivity contribution >= 4 is 23.2 Å². The molecule has 0 aromatic heterocycles. The van der Waals surface area contributed by atoms with Gasteiger partial charge in [0.1, 0.15) is 28.9 Å². The van der Waals surface area contributed by atoms with Crippen LogP contribution in [0.4, 0.5) is 0 Å². The van der Waals surface area contributed by atoms with E-state index in [1.807, 2.05) is 0 Å². The van der Waals surface area contributed by atoms with Crippen LogP contribution in [0.3, 0.4) is 0 Å². The minimum Gasteiger partial charge on any atom is -0.494 e. The molecule has 0 atom stereocenters. The van der Waals surface area contributed by atoms with Gasteiger partial charge in [0.25, 0.3) is 0 Å². The molecule has 184 valence electrons. The third kappa shape index (κ3) is 6.19. The monoisotopic (exact) mass is 501 g/mol. The fourth-order valence-electron chi connectivity index (χ4n) is 5.00. The van der Waals surface area contributed by atoms with Gasteiger partial charge in [-0.1, -0.05) is 97.1 Å². The van der Waals surface area contributed by atoms with Crippen molar-refractivity contribution in [2.24, 2.45) is 0 Å². The maximum atomic E-state index is 6.09. The Morgan fingerprint density at radius 1 is 0.432 bits per heavy atom. The van der Waals surface area contributed by atoms with Crippen LogP contribution in [0.5, 0.6) is 5.75 Å². The van der Waals surface area contributed by atoms with Crippen LogP contribution in [0.15, 0.2) is 146 Å². The molecular weight excluding hydrogens is 467 g/mol. The van der Waals surface area contributed by atoms with Gasteiger partial charge in [0.2, 0.25) is 0 Å². The summed E-state index contributed by atoms with van der Waals surface area (Å²) in [6, 6.07) is 52.7. The van der Waals surface area contributed by atoms with Gasteiger partial charge in [0.05, 0.1) is 12.8 Å². The molecule has 0 bridgehead atoms. The lowest BCUT2D eigenvalue weighted by Crippen LogP contribution is -2.32. The van der Waals surface area contributed by atoms with Crippen molar-refractivity contribution in [2.75, 3.05) is 6.61 Å². The lowest BCUT2D eigenvalue weighted by atomic mass is 10.1. The lowest BCUT2D eigenvalue weighted by molar-refractivity contribution is 0.307. The molecule has 0 unspecified atom stereocenters. The highest BCUT2D eigenvalue weighted by Gasteiger charge is 2.45. The average Bonchev–Trinajstić information content (AvgIpc) is 2.98. The molecule has 5 aromatic rings. The highest BCUT2D eigenvalue weighted by atomic mass is 31.2. The SMILES string of the molecule is c1ccc(CCCCOc2ccc(C[P+](c3ccccc3)(c3ccccc3)c3ccccc3)cc2)cc1. The number of hydrogen-bond acceptors (Lipinski definition) is 1. The smallest absolute Gasteiger partial charge is 0.119 e. The molecule has 0 amide bonds. The maximum Gasteiger partial charge on any atom is 0.119 e. The molecule has 0 aliphatic rings. The summed E-state index contributed by atoms with van der Waals surface area (Å²) < 4.78 is 6.09. The Labute approximate surface area is 222 Å². The van der Waals surface area contributed by atoms with Gasteiger partial charge in [-0.2, -0.15) is 0 Å². The summed E-state index contributed by atoms with van der Waals surface area (Å²) in [5.41, 5.74) is 2.73. The highest BCUT2D eigenvalue weighted by molar-refractivity contribution is 7.95. The first-order valence-corrected chi connectivity index (χ1v) is 15.1. The second-order valence-corrected chi connectivity index (χ2v) is 12.9. The van der Waals surface area contributed by atoms with Crippen molar-refractivity contribution in [3.8, 4) is 5.75 Å². The van der Waals surface area contributed by atoms with Crippen LogP contribution >= 0.6 is 7.26 Å². The number of ether oxygens (including phenoxy) is 1. The van der Waals surface area contributed by atoms with Crippen molar-refractivity contribution < 1.29 is 4.74 Å². The van der Waals surface area contributed by atoms with E-state index in [1.165, 1.54) is 27.0 Å². The predicted octanol–water partition coefficient (Wildman–Crippen LogP) is 7.58. The van der Waals surface area contributed by atoms with E-state index < -0.39 is 7.26 Å². The summed E-state index contributed by atoms with van der Waals surface area (Å²) in [5.74, 6) is 0.950. The van der Waals surface area contributed by atoms with Crippen LogP contribution in [0, 0.1) is 0 Å². The second kappa shape index (κ2) is 12.5. The molecule has 37 heavy (non-hydrogen) atoms. The van der Waals surface area contributed by atoms with Gasteiger partial charge in [-0.3, -0.25) is 0 Å². The van der Waals surface area contributed by atoms with Crippen molar-refractivity contribution in [3.05, 3.63) is 157 Å². The zero-order valence-corrected chi connectivity index (χ0v) is 22.1. The van der Waals surface area contributed by atoms with Crippen molar-refractivity contribution in [1.29, 1.82) is 0 Å². The summed E-state index contributed by atoms with van der Waals surface area (Å²) in [5, 5.41) is 4.23. The zero-order valence-electron chi connectivity index (χ0n) is 21.2. The molecule has 5 aromatic carbocycles. The van der Waals surface area contributed by atoms with E-state index in [0.29, 0.717) is 0 Å². The van der Waals surface area contributed by atoms with E-state index in [9.17, 15) is 0 Å². The van der Waals surface area contributed by atoms with Crippen LogP contribution < -0.4 is 20.7 Å². The first kappa shape index (κ1) is 25.0. The number of unbranched alkanes of at least 4 members (excludes halogenated alkanes) is 1. The summed E-state index contributed by atoms with van der Waals surface area (Å²) in [6.07, 6.45) is 4.28. The molecule has 0 saturated carbocycles. The van der Waals surface area contributed by atoms with E-state index in [-0.39, 0.29) is 0 Å². The normalized spacial score (nSPS) is 11.2. The van der Waals surface area contributed by atoms with Gasteiger partial charge < -0.3 is 4.74 Å². The minimum atomic E-state index is -1.89. The van der Waals surface area contributed by atoms with Crippen LogP contribution in [0.25, 0.3) is 0 Å². The molecule has 0 radical (unpaired) electrons. The summed E-state index contributed by atoms with van der Waals surface area (Å²) in [4.78, 5) is 0. The van der Waals surface area contributed by atoms with E-state index in [4.69, 9.17) is 4.74 Å². The summed E-state index contributed by atoms with van der Waals surface area (Å²) in [6.45, 7) is 0.751. The van der Waals surface area contributed by atoms with E-state index in [1.54, 1.807) is 0 Å². The molecule has 0 heterocycles. The minimum absolute atomic E-state index is 0.751. The van der Waals surface area contributed by atoms with Gasteiger partial charge in [-0.05, 0) is 78.9 Å². The second-order valence-electron chi connectivity index (χ2n) is 9.41. The standard InChI is InChI=1S/C35H34OP/c1-5-15-30(16-6-1)17-13-14-28-36-32-26-24-31(25-27-32)29-37(33-18-7-2-8-19-33,34-20-9-3-10-21-34)35-22-11-4-12-23-35/h1-12,15-16,18-27H,13-14,17,28-29H2/q+1. The zero-order chi connectivity index (χ0) is 25.2. The van der Waals surface area contributed by atoms with Gasteiger partial charge in [-0.15, -0.1) is 0 Å². The Morgan fingerprint density at radius 3 is 1.38 bits per heavy atom. The Kier molecular flexibility index (Phi) is 8.46. The Balaban J connectivity index is 1.34. The average molecular weight is 502 g/mol. The Hall–Kier alpha value is -3.67. The molecular formula is C35H34OP+. The fourth-order valence-corrected chi connectivity index (χ4v) is 9.24. The lowest BCUT2D eigenvalue weighted by Gasteiger charge is -2.28. The topological polar surface area (TPSA) is 9.23 Å². The van der Waals surface area contributed by atoms with Crippen molar-refractivity contribution in [2.45, 2.75) is 25.4 Å².